The van der Waals surface area contributed by atoms with Gasteiger partial charge in [0.15, 0.2) is 10.4 Å². The second-order valence-electron chi connectivity index (χ2n) is 5.36. The molecule has 2 heterocycles. The minimum atomic E-state index is -0.0376. The van der Waals surface area contributed by atoms with E-state index in [9.17, 15) is 0 Å². The summed E-state index contributed by atoms with van der Waals surface area (Å²) in [6, 6.07) is 0. The van der Waals surface area contributed by atoms with Crippen molar-refractivity contribution >= 4 is 23.4 Å². The largest absolute Gasteiger partial charge is 0.376 e. The summed E-state index contributed by atoms with van der Waals surface area (Å²) in [6.07, 6.45) is 3.45. The first-order valence-corrected chi connectivity index (χ1v) is 7.22. The van der Waals surface area contributed by atoms with Gasteiger partial charge < -0.3 is 9.72 Å². The molecule has 0 saturated heterocycles. The minimum absolute atomic E-state index is 0.0376. The third-order valence-electron chi connectivity index (χ3n) is 4.28. The fourth-order valence-electron chi connectivity index (χ4n) is 2.91. The zero-order chi connectivity index (χ0) is 13.6. The summed E-state index contributed by atoms with van der Waals surface area (Å²) in [7, 11) is 1.80. The van der Waals surface area contributed by atoms with Crippen LogP contribution >= 0.6 is 12.2 Å². The van der Waals surface area contributed by atoms with Crippen molar-refractivity contribution in [1.29, 1.82) is 0 Å². The Kier molecular flexibility index (Phi) is 3.02. The van der Waals surface area contributed by atoms with Crippen molar-refractivity contribution in [1.82, 2.24) is 19.3 Å². The molecule has 5 nitrogen and oxygen atoms in total. The van der Waals surface area contributed by atoms with Gasteiger partial charge in [0, 0.05) is 13.7 Å². The van der Waals surface area contributed by atoms with Crippen LogP contribution in [-0.2, 0) is 17.8 Å². The van der Waals surface area contributed by atoms with Crippen LogP contribution in [0.15, 0.2) is 0 Å². The number of fused-ring (bicyclic) bond motifs is 1. The van der Waals surface area contributed by atoms with Gasteiger partial charge in [-0.25, -0.2) is 4.68 Å². The van der Waals surface area contributed by atoms with Crippen molar-refractivity contribution in [3.8, 4) is 0 Å². The van der Waals surface area contributed by atoms with Gasteiger partial charge in [0.2, 0.25) is 0 Å². The predicted octanol–water partition coefficient (Wildman–Crippen LogP) is 2.79. The lowest BCUT2D eigenvalue weighted by Crippen LogP contribution is -2.43. The number of imidazole rings is 1. The molecule has 0 aliphatic heterocycles. The second-order valence-corrected chi connectivity index (χ2v) is 5.74. The molecule has 0 unspecified atom stereocenters. The van der Waals surface area contributed by atoms with Gasteiger partial charge in [-0.15, -0.1) is 0 Å². The molecule has 104 valence electrons. The number of methoxy groups -OCH3 is 1. The average Bonchev–Trinajstić information content (AvgIpc) is 2.83. The van der Waals surface area contributed by atoms with Crippen LogP contribution in [-0.4, -0.2) is 32.0 Å². The van der Waals surface area contributed by atoms with E-state index in [1.54, 1.807) is 7.11 Å². The molecule has 2 aromatic heterocycles. The standard InChI is InChI=1S/C13H20N4OS/c1-4-17-11-10(9(2)15-17)14-12(19)16(11)8-13(18-3)6-5-7-13/h4-8H2,1-3H3,(H,14,19). The topological polar surface area (TPSA) is 47.8 Å². The Balaban J connectivity index is 2.12. The maximum Gasteiger partial charge on any atom is 0.179 e. The highest BCUT2D eigenvalue weighted by atomic mass is 32.1. The van der Waals surface area contributed by atoms with E-state index in [4.69, 9.17) is 17.0 Å². The molecule has 6 heteroatoms. The second kappa shape index (κ2) is 4.45. The molecule has 0 bridgehead atoms. The van der Waals surface area contributed by atoms with Crippen molar-refractivity contribution in [2.75, 3.05) is 7.11 Å². The maximum absolute atomic E-state index is 5.72. The third kappa shape index (κ3) is 1.85. The molecule has 2 aromatic rings. The van der Waals surface area contributed by atoms with Gasteiger partial charge in [0.1, 0.15) is 5.52 Å². The van der Waals surface area contributed by atoms with Gasteiger partial charge in [-0.1, -0.05) is 0 Å². The number of aromatic nitrogens is 4. The van der Waals surface area contributed by atoms with E-state index in [2.05, 4.69) is 21.6 Å². The Morgan fingerprint density at radius 2 is 2.21 bits per heavy atom. The fraction of sp³-hybridized carbons (Fsp3) is 0.692. The van der Waals surface area contributed by atoms with Crippen LogP contribution in [0.25, 0.3) is 11.2 Å². The number of hydrogen-bond donors (Lipinski definition) is 1. The molecule has 3 rings (SSSR count). The Morgan fingerprint density at radius 1 is 1.47 bits per heavy atom. The normalized spacial score (nSPS) is 17.8. The summed E-state index contributed by atoms with van der Waals surface area (Å²) >= 11 is 5.47. The lowest BCUT2D eigenvalue weighted by Gasteiger charge is -2.40. The Labute approximate surface area is 117 Å². The number of nitrogens with zero attached hydrogens (tertiary/aromatic N) is 3. The van der Waals surface area contributed by atoms with Crippen LogP contribution in [0.5, 0.6) is 0 Å². The van der Waals surface area contributed by atoms with Crippen LogP contribution in [0.1, 0.15) is 31.9 Å². The number of ether oxygens (including phenoxy) is 1. The van der Waals surface area contributed by atoms with Crippen LogP contribution in [0.2, 0.25) is 0 Å². The Bertz CT molecular complexity index is 657. The number of hydrogen-bond acceptors (Lipinski definition) is 3. The number of aryl methyl sites for hydroxylation is 2. The molecule has 1 fully saturated rings. The highest BCUT2D eigenvalue weighted by molar-refractivity contribution is 7.71. The molecule has 1 N–H and O–H groups in total. The molecule has 1 aliphatic rings. The summed E-state index contributed by atoms with van der Waals surface area (Å²) in [5.74, 6) is 0. The van der Waals surface area contributed by atoms with Gasteiger partial charge in [0.05, 0.1) is 17.8 Å². The van der Waals surface area contributed by atoms with Crippen LogP contribution in [0.3, 0.4) is 0 Å². The molecule has 19 heavy (non-hydrogen) atoms. The van der Waals surface area contributed by atoms with Gasteiger partial charge in [0.25, 0.3) is 0 Å². The monoisotopic (exact) mass is 280 g/mol. The van der Waals surface area contributed by atoms with E-state index in [1.165, 1.54) is 6.42 Å². The van der Waals surface area contributed by atoms with E-state index < -0.39 is 0 Å². The zero-order valence-electron chi connectivity index (χ0n) is 11.7. The molecule has 0 amide bonds. The van der Waals surface area contributed by atoms with Crippen molar-refractivity contribution in [2.24, 2.45) is 0 Å². The molecule has 1 aliphatic carbocycles. The number of H-pyrrole nitrogens is 1. The highest BCUT2D eigenvalue weighted by Gasteiger charge is 2.38. The summed E-state index contributed by atoms with van der Waals surface area (Å²) < 4.78 is 10.6. The molecular formula is C13H20N4OS. The first-order chi connectivity index (χ1) is 9.10. The van der Waals surface area contributed by atoms with Crippen molar-refractivity contribution in [3.63, 3.8) is 0 Å². The number of rotatable bonds is 4. The van der Waals surface area contributed by atoms with Gasteiger partial charge in [-0.2, -0.15) is 5.10 Å². The van der Waals surface area contributed by atoms with Crippen molar-refractivity contribution in [2.45, 2.75) is 51.8 Å². The van der Waals surface area contributed by atoms with Gasteiger partial charge >= 0.3 is 0 Å². The van der Waals surface area contributed by atoms with Gasteiger partial charge in [-0.05, 0) is 45.3 Å². The summed E-state index contributed by atoms with van der Waals surface area (Å²) in [5.41, 5.74) is 3.11. The summed E-state index contributed by atoms with van der Waals surface area (Å²) in [5, 5.41) is 4.55. The smallest absolute Gasteiger partial charge is 0.179 e. The lowest BCUT2D eigenvalue weighted by molar-refractivity contribution is -0.0832. The lowest BCUT2D eigenvalue weighted by atomic mass is 9.80. The molecule has 1 saturated carbocycles. The predicted molar refractivity (Wildman–Crippen MR) is 76.9 cm³/mol. The summed E-state index contributed by atoms with van der Waals surface area (Å²) in [6.45, 7) is 5.77. The summed E-state index contributed by atoms with van der Waals surface area (Å²) in [4.78, 5) is 3.28. The van der Waals surface area contributed by atoms with E-state index >= 15 is 0 Å². The van der Waals surface area contributed by atoms with Gasteiger partial charge in [-0.3, -0.25) is 4.57 Å². The molecule has 0 radical (unpaired) electrons. The van der Waals surface area contributed by atoms with E-state index in [0.717, 1.165) is 47.6 Å². The first-order valence-electron chi connectivity index (χ1n) is 6.81. The van der Waals surface area contributed by atoms with Crippen LogP contribution < -0.4 is 0 Å². The SMILES string of the molecule is CCn1nc(C)c2[nH]c(=S)n(CC3(OC)CCC3)c21. The Hall–Kier alpha value is -1.14. The molecule has 0 atom stereocenters. The Morgan fingerprint density at radius 3 is 2.74 bits per heavy atom. The molecule has 0 spiro atoms. The van der Waals surface area contributed by atoms with E-state index in [-0.39, 0.29) is 5.60 Å². The van der Waals surface area contributed by atoms with Crippen LogP contribution in [0.4, 0.5) is 0 Å². The molecular weight excluding hydrogens is 260 g/mol. The quantitative estimate of drug-likeness (QED) is 0.876. The maximum atomic E-state index is 5.72. The number of aromatic amines is 1. The number of nitrogens with one attached hydrogen (secondary N) is 1. The zero-order valence-corrected chi connectivity index (χ0v) is 12.5. The first kappa shape index (κ1) is 12.9. The highest BCUT2D eigenvalue weighted by Crippen LogP contribution is 2.37. The van der Waals surface area contributed by atoms with Crippen LogP contribution in [0, 0.1) is 11.7 Å². The van der Waals surface area contributed by atoms with Crippen molar-refractivity contribution in [3.05, 3.63) is 10.5 Å². The third-order valence-corrected chi connectivity index (χ3v) is 4.60. The minimum Gasteiger partial charge on any atom is -0.376 e. The average molecular weight is 280 g/mol. The van der Waals surface area contributed by atoms with Crippen molar-refractivity contribution < 1.29 is 4.74 Å². The fourth-order valence-corrected chi connectivity index (χ4v) is 3.17. The molecule has 0 aromatic carbocycles. The van der Waals surface area contributed by atoms with E-state index in [1.807, 2.05) is 11.6 Å². The van der Waals surface area contributed by atoms with E-state index in [0.29, 0.717) is 0 Å².